The van der Waals surface area contributed by atoms with Crippen LogP contribution in [0, 0.1) is 6.92 Å². The van der Waals surface area contributed by atoms with Crippen molar-refractivity contribution >= 4 is 15.9 Å². The topological polar surface area (TPSA) is 42.7 Å². The molecule has 0 fully saturated rings. The summed E-state index contributed by atoms with van der Waals surface area (Å²) in [5.74, 6) is 0. The molecule has 1 N–H and O–H groups in total. The molecule has 0 amide bonds. The quantitative estimate of drug-likeness (QED) is 0.828. The molecule has 0 saturated carbocycles. The number of hydrogen-bond donors (Lipinski definition) is 1. The summed E-state index contributed by atoms with van der Waals surface area (Å²) in [5.41, 5.74) is 3.41. The highest BCUT2D eigenvalue weighted by Gasteiger charge is 2.16. The zero-order chi connectivity index (χ0) is 15.2. The third-order valence-electron chi connectivity index (χ3n) is 3.45. The van der Waals surface area contributed by atoms with Gasteiger partial charge in [0, 0.05) is 29.3 Å². The van der Waals surface area contributed by atoms with Crippen LogP contribution in [-0.2, 0) is 13.0 Å². The first kappa shape index (κ1) is 16.2. The Kier molecular flexibility index (Phi) is 5.94. The minimum atomic E-state index is 0.222. The average Bonchev–Trinajstić information content (AvgIpc) is 2.84. The maximum absolute atomic E-state index is 4.55. The Labute approximate surface area is 135 Å². The van der Waals surface area contributed by atoms with Crippen LogP contribution in [0.1, 0.15) is 43.4 Å². The minimum absolute atomic E-state index is 0.222. The fraction of sp³-hybridized carbons (Fsp3) is 0.500. The fourth-order valence-electron chi connectivity index (χ4n) is 2.44. The number of nitrogens with one attached hydrogen (secondary N) is 1. The monoisotopic (exact) mass is 350 g/mol. The second-order valence-electron chi connectivity index (χ2n) is 5.20. The second-order valence-corrected chi connectivity index (χ2v) is 6.12. The summed E-state index contributed by atoms with van der Waals surface area (Å²) in [6.45, 7) is 8.24. The Morgan fingerprint density at radius 3 is 2.76 bits per heavy atom. The Morgan fingerprint density at radius 2 is 2.14 bits per heavy atom. The lowest BCUT2D eigenvalue weighted by Gasteiger charge is -2.18. The molecule has 0 spiro atoms. The molecule has 0 aliphatic rings. The molecule has 21 heavy (non-hydrogen) atoms. The van der Waals surface area contributed by atoms with Crippen LogP contribution in [0.5, 0.6) is 0 Å². The summed E-state index contributed by atoms with van der Waals surface area (Å²) in [7, 11) is 0. The highest BCUT2D eigenvalue weighted by atomic mass is 79.9. The molecule has 0 aliphatic carbocycles. The third-order valence-corrected chi connectivity index (χ3v) is 3.92. The van der Waals surface area contributed by atoms with E-state index in [-0.39, 0.29) is 6.04 Å². The fourth-order valence-corrected chi connectivity index (χ4v) is 2.67. The first-order valence-electron chi connectivity index (χ1n) is 7.52. The maximum atomic E-state index is 4.55. The van der Waals surface area contributed by atoms with E-state index in [0.29, 0.717) is 0 Å². The molecular formula is C16H23BrN4. The first-order chi connectivity index (χ1) is 10.1. The van der Waals surface area contributed by atoms with E-state index in [4.69, 9.17) is 0 Å². The molecule has 0 aliphatic heterocycles. The van der Waals surface area contributed by atoms with Gasteiger partial charge in [0.15, 0.2) is 0 Å². The molecule has 5 heteroatoms. The molecule has 0 radical (unpaired) electrons. The van der Waals surface area contributed by atoms with Crippen LogP contribution in [-0.4, -0.2) is 21.3 Å². The van der Waals surface area contributed by atoms with Crippen LogP contribution in [0.15, 0.2) is 28.9 Å². The molecule has 2 aromatic rings. The molecule has 1 unspecified atom stereocenters. The van der Waals surface area contributed by atoms with Crippen molar-refractivity contribution < 1.29 is 0 Å². The Morgan fingerprint density at radius 1 is 1.33 bits per heavy atom. The third kappa shape index (κ3) is 4.38. The number of aromatic nitrogens is 3. The van der Waals surface area contributed by atoms with Gasteiger partial charge in [0.05, 0.1) is 17.4 Å². The maximum Gasteiger partial charge on any atom is 0.0596 e. The van der Waals surface area contributed by atoms with E-state index in [2.05, 4.69) is 62.0 Å². The Hall–Kier alpha value is -1.20. The van der Waals surface area contributed by atoms with Crippen LogP contribution >= 0.6 is 15.9 Å². The first-order valence-corrected chi connectivity index (χ1v) is 8.31. The van der Waals surface area contributed by atoms with Crippen molar-refractivity contribution in [3.05, 3.63) is 46.0 Å². The molecule has 0 aromatic carbocycles. The largest absolute Gasteiger partial charge is 0.308 e. The van der Waals surface area contributed by atoms with Crippen LogP contribution in [0.3, 0.4) is 0 Å². The van der Waals surface area contributed by atoms with Gasteiger partial charge in [-0.3, -0.25) is 9.67 Å². The molecule has 0 bridgehead atoms. The van der Waals surface area contributed by atoms with Crippen molar-refractivity contribution in [1.82, 2.24) is 20.1 Å². The van der Waals surface area contributed by atoms with E-state index < -0.39 is 0 Å². The van der Waals surface area contributed by atoms with Gasteiger partial charge in [0.2, 0.25) is 0 Å². The zero-order valence-corrected chi connectivity index (χ0v) is 14.5. The summed E-state index contributed by atoms with van der Waals surface area (Å²) in [4.78, 5) is 4.55. The van der Waals surface area contributed by atoms with Crippen molar-refractivity contribution in [3.8, 4) is 0 Å². The molecule has 2 heterocycles. The van der Waals surface area contributed by atoms with E-state index in [9.17, 15) is 0 Å². The highest BCUT2D eigenvalue weighted by Crippen LogP contribution is 2.19. The molecular weight excluding hydrogens is 328 g/mol. The van der Waals surface area contributed by atoms with Crippen LogP contribution in [0.2, 0.25) is 0 Å². The van der Waals surface area contributed by atoms with Crippen LogP contribution in [0.25, 0.3) is 0 Å². The van der Waals surface area contributed by atoms with Crippen LogP contribution in [0.4, 0.5) is 0 Å². The van der Waals surface area contributed by atoms with Gasteiger partial charge in [-0.1, -0.05) is 6.92 Å². The van der Waals surface area contributed by atoms with E-state index in [1.807, 2.05) is 19.2 Å². The lowest BCUT2D eigenvalue weighted by molar-refractivity contribution is 0.493. The van der Waals surface area contributed by atoms with Gasteiger partial charge in [-0.05, 0) is 60.9 Å². The van der Waals surface area contributed by atoms with Gasteiger partial charge < -0.3 is 5.32 Å². The molecule has 2 aromatic heterocycles. The molecule has 2 rings (SSSR count). The molecule has 114 valence electrons. The Balaban J connectivity index is 2.21. The number of nitrogens with zero attached hydrogens (tertiary/aromatic N) is 3. The predicted molar refractivity (Wildman–Crippen MR) is 89.3 cm³/mol. The molecule has 1 atom stereocenters. The molecule has 0 saturated heterocycles. The summed E-state index contributed by atoms with van der Waals surface area (Å²) in [5, 5.41) is 8.13. The van der Waals surface area contributed by atoms with Gasteiger partial charge in [-0.25, -0.2) is 0 Å². The second kappa shape index (κ2) is 7.71. The highest BCUT2D eigenvalue weighted by molar-refractivity contribution is 9.10. The van der Waals surface area contributed by atoms with Crippen molar-refractivity contribution in [2.45, 2.75) is 46.2 Å². The van der Waals surface area contributed by atoms with E-state index in [0.717, 1.165) is 41.8 Å². The SMILES string of the molecule is CCCNC(Cc1cc(C)nn1CC)c1ccc(Br)cn1. The van der Waals surface area contributed by atoms with Crippen molar-refractivity contribution in [1.29, 1.82) is 0 Å². The summed E-state index contributed by atoms with van der Waals surface area (Å²) in [6, 6.07) is 6.52. The number of aryl methyl sites for hydroxylation is 2. The number of pyridine rings is 1. The van der Waals surface area contributed by atoms with Crippen molar-refractivity contribution in [2.75, 3.05) is 6.54 Å². The summed E-state index contributed by atoms with van der Waals surface area (Å²) < 4.78 is 3.09. The predicted octanol–water partition coefficient (Wildman–Crippen LogP) is 3.65. The van der Waals surface area contributed by atoms with Gasteiger partial charge in [-0.2, -0.15) is 5.10 Å². The van der Waals surface area contributed by atoms with Crippen molar-refractivity contribution in [2.24, 2.45) is 0 Å². The normalized spacial score (nSPS) is 12.6. The zero-order valence-electron chi connectivity index (χ0n) is 12.9. The number of rotatable bonds is 7. The van der Waals surface area contributed by atoms with E-state index >= 15 is 0 Å². The number of halogens is 1. The number of hydrogen-bond acceptors (Lipinski definition) is 3. The summed E-state index contributed by atoms with van der Waals surface area (Å²) in [6.07, 6.45) is 3.88. The Bertz CT molecular complexity index is 562. The smallest absolute Gasteiger partial charge is 0.0596 e. The van der Waals surface area contributed by atoms with E-state index in [1.165, 1.54) is 5.69 Å². The molecule has 4 nitrogen and oxygen atoms in total. The average molecular weight is 351 g/mol. The van der Waals surface area contributed by atoms with Gasteiger partial charge in [-0.15, -0.1) is 0 Å². The van der Waals surface area contributed by atoms with Gasteiger partial charge in [0.25, 0.3) is 0 Å². The summed E-state index contributed by atoms with van der Waals surface area (Å²) >= 11 is 3.44. The van der Waals surface area contributed by atoms with Crippen LogP contribution < -0.4 is 5.32 Å². The minimum Gasteiger partial charge on any atom is -0.308 e. The van der Waals surface area contributed by atoms with Gasteiger partial charge in [0.1, 0.15) is 0 Å². The lowest BCUT2D eigenvalue weighted by atomic mass is 10.1. The lowest BCUT2D eigenvalue weighted by Crippen LogP contribution is -2.26. The van der Waals surface area contributed by atoms with Crippen molar-refractivity contribution in [3.63, 3.8) is 0 Å². The van der Waals surface area contributed by atoms with E-state index in [1.54, 1.807) is 0 Å². The standard InChI is InChI=1S/C16H23BrN4/c1-4-8-18-16(15-7-6-13(17)11-19-15)10-14-9-12(3)20-21(14)5-2/h6-7,9,11,16,18H,4-5,8,10H2,1-3H3. The van der Waals surface area contributed by atoms with Gasteiger partial charge >= 0.3 is 0 Å².